The molecule has 1 heterocycles. The maximum absolute atomic E-state index is 11.8. The fourth-order valence-corrected chi connectivity index (χ4v) is 1.59. The predicted octanol–water partition coefficient (Wildman–Crippen LogP) is 3.68. The van der Waals surface area contributed by atoms with Crippen molar-refractivity contribution < 1.29 is 9.21 Å². The van der Waals surface area contributed by atoms with Gasteiger partial charge in [0.25, 0.3) is 0 Å². The number of carbonyl (C=O) groups excluding carboxylic acids is 1. The molecule has 1 aromatic rings. The quantitative estimate of drug-likeness (QED) is 0.647. The van der Waals surface area contributed by atoms with Gasteiger partial charge in [-0.05, 0) is 25.0 Å². The second kappa shape index (κ2) is 5.63. The Kier molecular flexibility index (Phi) is 4.44. The summed E-state index contributed by atoms with van der Waals surface area (Å²) in [6, 6.07) is 3.51. The van der Waals surface area contributed by atoms with Crippen molar-refractivity contribution in [2.24, 2.45) is 5.92 Å². The summed E-state index contributed by atoms with van der Waals surface area (Å²) in [6.45, 7) is 4.20. The van der Waals surface area contributed by atoms with Crippen LogP contribution < -0.4 is 0 Å². The Balaban J connectivity index is 2.56. The summed E-state index contributed by atoms with van der Waals surface area (Å²) >= 11 is 0. The van der Waals surface area contributed by atoms with E-state index >= 15 is 0 Å². The molecule has 0 aliphatic rings. The second-order valence-electron chi connectivity index (χ2n) is 3.59. The van der Waals surface area contributed by atoms with Crippen molar-refractivity contribution in [2.45, 2.75) is 39.5 Å². The largest absolute Gasteiger partial charge is 0.461 e. The summed E-state index contributed by atoms with van der Waals surface area (Å²) in [5.41, 5.74) is 0. The Morgan fingerprint density at radius 3 is 2.79 bits per heavy atom. The van der Waals surface area contributed by atoms with Gasteiger partial charge >= 0.3 is 0 Å². The number of hydrogen-bond donors (Lipinski definition) is 0. The summed E-state index contributed by atoms with van der Waals surface area (Å²) < 4.78 is 5.11. The zero-order valence-corrected chi connectivity index (χ0v) is 8.95. The fourth-order valence-electron chi connectivity index (χ4n) is 1.59. The van der Waals surface area contributed by atoms with Crippen LogP contribution in [0.1, 0.15) is 50.1 Å². The lowest BCUT2D eigenvalue weighted by atomic mass is 9.93. The van der Waals surface area contributed by atoms with E-state index in [1.165, 1.54) is 0 Å². The molecule has 0 bridgehead atoms. The molecule has 2 nitrogen and oxygen atoms in total. The van der Waals surface area contributed by atoms with Crippen molar-refractivity contribution in [1.29, 1.82) is 0 Å². The van der Waals surface area contributed by atoms with E-state index in [0.717, 1.165) is 25.7 Å². The monoisotopic (exact) mass is 194 g/mol. The minimum Gasteiger partial charge on any atom is -0.461 e. The Morgan fingerprint density at radius 1 is 1.50 bits per heavy atom. The summed E-state index contributed by atoms with van der Waals surface area (Å²) in [5.74, 6) is 0.806. The van der Waals surface area contributed by atoms with Gasteiger partial charge in [-0.15, -0.1) is 0 Å². The van der Waals surface area contributed by atoms with Crippen LogP contribution in [0.5, 0.6) is 0 Å². The van der Waals surface area contributed by atoms with E-state index in [-0.39, 0.29) is 11.7 Å². The number of hydrogen-bond acceptors (Lipinski definition) is 2. The Bertz CT molecular complexity index is 262. The predicted molar refractivity (Wildman–Crippen MR) is 56.3 cm³/mol. The number of ketones is 1. The molecular formula is C12H18O2. The molecule has 0 aliphatic heterocycles. The van der Waals surface area contributed by atoms with Crippen molar-refractivity contribution in [3.05, 3.63) is 24.2 Å². The molecular weight excluding hydrogens is 176 g/mol. The van der Waals surface area contributed by atoms with Gasteiger partial charge in [-0.2, -0.15) is 0 Å². The number of furan rings is 1. The van der Waals surface area contributed by atoms with E-state index < -0.39 is 0 Å². The third kappa shape index (κ3) is 2.72. The molecule has 0 N–H and O–H groups in total. The summed E-state index contributed by atoms with van der Waals surface area (Å²) in [6.07, 6.45) is 5.69. The van der Waals surface area contributed by atoms with Crippen LogP contribution in [-0.4, -0.2) is 5.78 Å². The van der Waals surface area contributed by atoms with Gasteiger partial charge in [-0.1, -0.05) is 26.7 Å². The van der Waals surface area contributed by atoms with Crippen LogP contribution in [0.3, 0.4) is 0 Å². The van der Waals surface area contributed by atoms with E-state index in [9.17, 15) is 4.79 Å². The maximum Gasteiger partial charge on any atom is 0.201 e. The smallest absolute Gasteiger partial charge is 0.201 e. The van der Waals surface area contributed by atoms with Crippen LogP contribution in [-0.2, 0) is 0 Å². The van der Waals surface area contributed by atoms with E-state index in [4.69, 9.17) is 4.42 Å². The molecule has 0 saturated carbocycles. The maximum atomic E-state index is 11.8. The molecule has 0 radical (unpaired) electrons. The van der Waals surface area contributed by atoms with Crippen LogP contribution in [0.25, 0.3) is 0 Å². The molecule has 1 atom stereocenters. The van der Waals surface area contributed by atoms with Crippen molar-refractivity contribution in [1.82, 2.24) is 0 Å². The van der Waals surface area contributed by atoms with E-state index in [1.807, 2.05) is 0 Å². The van der Waals surface area contributed by atoms with Crippen LogP contribution in [0.2, 0.25) is 0 Å². The van der Waals surface area contributed by atoms with Gasteiger partial charge < -0.3 is 4.42 Å². The highest BCUT2D eigenvalue weighted by Crippen LogP contribution is 2.18. The number of rotatable bonds is 6. The molecule has 78 valence electrons. The van der Waals surface area contributed by atoms with E-state index in [0.29, 0.717) is 5.76 Å². The molecule has 0 aliphatic carbocycles. The van der Waals surface area contributed by atoms with E-state index in [1.54, 1.807) is 18.4 Å². The molecule has 2 heteroatoms. The standard InChI is InChI=1S/C12H18O2/c1-3-5-7-10(4-2)12(13)11-8-6-9-14-11/h6,8-10H,3-5,7H2,1-2H3. The van der Waals surface area contributed by atoms with Crippen LogP contribution in [0.4, 0.5) is 0 Å². The SMILES string of the molecule is CCCCC(CC)C(=O)c1ccco1. The third-order valence-corrected chi connectivity index (χ3v) is 2.53. The number of carbonyl (C=O) groups is 1. The highest BCUT2D eigenvalue weighted by atomic mass is 16.3. The first kappa shape index (κ1) is 11.0. The Labute approximate surface area is 85.3 Å². The summed E-state index contributed by atoms with van der Waals surface area (Å²) in [4.78, 5) is 11.8. The molecule has 1 unspecified atom stereocenters. The van der Waals surface area contributed by atoms with Gasteiger partial charge in [0.15, 0.2) is 5.76 Å². The highest BCUT2D eigenvalue weighted by molar-refractivity contribution is 5.95. The van der Waals surface area contributed by atoms with Gasteiger partial charge in [0.2, 0.25) is 5.78 Å². The lowest BCUT2D eigenvalue weighted by Gasteiger charge is -2.10. The molecule has 1 aromatic heterocycles. The zero-order valence-electron chi connectivity index (χ0n) is 8.95. The fraction of sp³-hybridized carbons (Fsp3) is 0.583. The minimum absolute atomic E-state index is 0.140. The highest BCUT2D eigenvalue weighted by Gasteiger charge is 2.19. The lowest BCUT2D eigenvalue weighted by molar-refractivity contribution is 0.0879. The first-order valence-corrected chi connectivity index (χ1v) is 5.37. The topological polar surface area (TPSA) is 30.2 Å². The van der Waals surface area contributed by atoms with Crippen LogP contribution in [0.15, 0.2) is 22.8 Å². The average Bonchev–Trinajstić information content (AvgIpc) is 2.71. The van der Waals surface area contributed by atoms with Crippen LogP contribution >= 0.6 is 0 Å². The molecule has 0 saturated heterocycles. The first-order chi connectivity index (χ1) is 6.79. The van der Waals surface area contributed by atoms with Gasteiger partial charge in [-0.3, -0.25) is 4.79 Å². The Morgan fingerprint density at radius 2 is 2.29 bits per heavy atom. The molecule has 14 heavy (non-hydrogen) atoms. The first-order valence-electron chi connectivity index (χ1n) is 5.37. The third-order valence-electron chi connectivity index (χ3n) is 2.53. The van der Waals surface area contributed by atoms with Crippen molar-refractivity contribution in [2.75, 3.05) is 0 Å². The number of Topliss-reactive ketones (excluding diaryl/α,β-unsaturated/α-hetero) is 1. The van der Waals surface area contributed by atoms with Gasteiger partial charge in [-0.25, -0.2) is 0 Å². The van der Waals surface area contributed by atoms with Crippen LogP contribution in [0, 0.1) is 5.92 Å². The summed E-state index contributed by atoms with van der Waals surface area (Å²) in [5, 5.41) is 0. The van der Waals surface area contributed by atoms with Crippen molar-refractivity contribution in [3.8, 4) is 0 Å². The Hall–Kier alpha value is -1.05. The molecule has 0 aromatic carbocycles. The normalized spacial score (nSPS) is 12.7. The molecule has 1 rings (SSSR count). The van der Waals surface area contributed by atoms with Gasteiger partial charge in [0.05, 0.1) is 6.26 Å². The van der Waals surface area contributed by atoms with Crippen molar-refractivity contribution in [3.63, 3.8) is 0 Å². The number of unbranched alkanes of at least 4 members (excludes halogenated alkanes) is 1. The lowest BCUT2D eigenvalue weighted by Crippen LogP contribution is -2.13. The van der Waals surface area contributed by atoms with E-state index in [2.05, 4.69) is 13.8 Å². The van der Waals surface area contributed by atoms with Crippen molar-refractivity contribution >= 4 is 5.78 Å². The molecule has 0 spiro atoms. The average molecular weight is 194 g/mol. The molecule has 0 fully saturated rings. The van der Waals surface area contributed by atoms with Gasteiger partial charge in [0, 0.05) is 5.92 Å². The zero-order chi connectivity index (χ0) is 10.4. The minimum atomic E-state index is 0.140. The summed E-state index contributed by atoms with van der Waals surface area (Å²) in [7, 11) is 0. The second-order valence-corrected chi connectivity index (χ2v) is 3.59. The molecule has 0 amide bonds. The van der Waals surface area contributed by atoms with Gasteiger partial charge in [0.1, 0.15) is 0 Å².